The van der Waals surface area contributed by atoms with Crippen molar-refractivity contribution in [3.05, 3.63) is 11.7 Å². The summed E-state index contributed by atoms with van der Waals surface area (Å²) < 4.78 is 184. The molecule has 0 saturated carbocycles. The zero-order valence-electron chi connectivity index (χ0n) is 10.1. The van der Waals surface area contributed by atoms with Gasteiger partial charge in [-0.05, 0) is 0 Å². The molecule has 0 fully saturated rings. The Morgan fingerprint density at radius 2 is 0.833 bits per heavy atom. The van der Waals surface area contributed by atoms with Gasteiger partial charge in [0.25, 0.3) is 0 Å². The van der Waals surface area contributed by atoms with E-state index in [0.29, 0.717) is 0 Å². The molecule has 0 spiro atoms. The van der Waals surface area contributed by atoms with Crippen LogP contribution in [0.1, 0.15) is 0 Å². The number of aliphatic hydroxyl groups is 1. The van der Waals surface area contributed by atoms with E-state index in [4.69, 9.17) is 5.11 Å². The van der Waals surface area contributed by atoms with Gasteiger partial charge in [-0.3, -0.25) is 0 Å². The van der Waals surface area contributed by atoms with Crippen LogP contribution in [0.5, 0.6) is 0 Å². The molecule has 0 radical (unpaired) electrons. The lowest BCUT2D eigenvalue weighted by molar-refractivity contribution is -0.435. The molecule has 0 aliphatic rings. The first kappa shape index (κ1) is 22.6. The van der Waals surface area contributed by atoms with Crippen molar-refractivity contribution in [1.82, 2.24) is 0 Å². The van der Waals surface area contributed by atoms with Crippen LogP contribution in [0.2, 0.25) is 0 Å². The molecule has 0 heterocycles. The van der Waals surface area contributed by atoms with Crippen molar-refractivity contribution in [1.29, 1.82) is 0 Å². The topological polar surface area (TPSA) is 20.2 Å². The Morgan fingerprint density at radius 3 is 1.08 bits per heavy atom. The van der Waals surface area contributed by atoms with Gasteiger partial charge in [0, 0.05) is 0 Å². The van der Waals surface area contributed by atoms with Gasteiger partial charge in [-0.15, -0.1) is 0 Å². The van der Waals surface area contributed by atoms with E-state index < -0.39 is 47.6 Å². The average Bonchev–Trinajstić information content (AvgIpc) is 2.33. The normalized spacial score (nSPS) is 17.0. The standard InChI is InChI=1S/C8HF15O/c9-1(2(10)4(13,14)15)3(11,12)5(16,17)6(18,19)7(20,21)8(22,23)24/h24H. The number of halogens is 15. The fourth-order valence-corrected chi connectivity index (χ4v) is 0.983. The summed E-state index contributed by atoms with van der Waals surface area (Å²) in [6.45, 7) is 0. The van der Waals surface area contributed by atoms with E-state index in [0.717, 1.165) is 0 Å². The second-order valence-electron chi connectivity index (χ2n) is 3.96. The molecular formula is C8HF15O. The molecule has 0 aromatic carbocycles. The highest BCUT2D eigenvalue weighted by Crippen LogP contribution is 2.58. The number of hydrogen-bond donors (Lipinski definition) is 1. The van der Waals surface area contributed by atoms with Crippen LogP contribution in [-0.4, -0.2) is 41.1 Å². The van der Waals surface area contributed by atoms with Gasteiger partial charge >= 0.3 is 36.0 Å². The van der Waals surface area contributed by atoms with Gasteiger partial charge in [0.15, 0.2) is 0 Å². The summed E-state index contributed by atoms with van der Waals surface area (Å²) in [6.07, 6.45) is -13.8. The van der Waals surface area contributed by atoms with E-state index in [1.807, 2.05) is 0 Å². The minimum Gasteiger partial charge on any atom is -0.331 e. The van der Waals surface area contributed by atoms with Gasteiger partial charge in [-0.1, -0.05) is 0 Å². The summed E-state index contributed by atoms with van der Waals surface area (Å²) in [6, 6.07) is 0. The van der Waals surface area contributed by atoms with E-state index in [2.05, 4.69) is 0 Å². The van der Waals surface area contributed by atoms with Crippen LogP contribution in [0, 0.1) is 0 Å². The second kappa shape index (κ2) is 5.59. The Morgan fingerprint density at radius 1 is 0.500 bits per heavy atom. The Hall–Kier alpha value is -1.35. The van der Waals surface area contributed by atoms with E-state index in [1.54, 1.807) is 0 Å². The van der Waals surface area contributed by atoms with Gasteiger partial charge < -0.3 is 5.11 Å². The third kappa shape index (κ3) is 3.11. The monoisotopic (exact) mass is 398 g/mol. The molecule has 0 atom stereocenters. The Kier molecular flexibility index (Phi) is 5.27. The van der Waals surface area contributed by atoms with Crippen LogP contribution in [-0.2, 0) is 0 Å². The number of alkyl halides is 13. The number of hydrogen-bond acceptors (Lipinski definition) is 1. The smallest absolute Gasteiger partial charge is 0.331 e. The Bertz CT molecular complexity index is 507. The minimum absolute atomic E-state index is 4.69. The third-order valence-electron chi connectivity index (χ3n) is 2.28. The molecule has 0 unspecified atom stereocenters. The lowest BCUT2D eigenvalue weighted by Gasteiger charge is -2.37. The molecule has 0 aromatic heterocycles. The average molecular weight is 398 g/mol. The van der Waals surface area contributed by atoms with E-state index in [9.17, 15) is 65.9 Å². The van der Waals surface area contributed by atoms with Crippen molar-refractivity contribution >= 4 is 0 Å². The molecule has 24 heavy (non-hydrogen) atoms. The summed E-state index contributed by atoms with van der Waals surface area (Å²) in [7, 11) is 0. The highest BCUT2D eigenvalue weighted by atomic mass is 19.4. The van der Waals surface area contributed by atoms with E-state index in [1.165, 1.54) is 0 Å². The van der Waals surface area contributed by atoms with E-state index >= 15 is 0 Å². The van der Waals surface area contributed by atoms with Crippen molar-refractivity contribution in [2.24, 2.45) is 0 Å². The lowest BCUT2D eigenvalue weighted by atomic mass is 9.96. The van der Waals surface area contributed by atoms with Gasteiger partial charge in [-0.25, -0.2) is 4.39 Å². The minimum atomic E-state index is -8.03. The molecule has 0 saturated heterocycles. The number of rotatable bonds is 5. The molecule has 144 valence electrons. The van der Waals surface area contributed by atoms with Crippen LogP contribution >= 0.6 is 0 Å². The summed E-state index contributed by atoms with van der Waals surface area (Å²) >= 11 is 0. The first-order valence-electron chi connectivity index (χ1n) is 4.81. The second-order valence-corrected chi connectivity index (χ2v) is 3.96. The van der Waals surface area contributed by atoms with Crippen LogP contribution in [0.15, 0.2) is 11.7 Å². The third-order valence-corrected chi connectivity index (χ3v) is 2.28. The molecular weight excluding hydrogens is 397 g/mol. The van der Waals surface area contributed by atoms with Gasteiger partial charge in [0.05, 0.1) is 0 Å². The fourth-order valence-electron chi connectivity index (χ4n) is 0.983. The Balaban J connectivity index is 6.43. The molecule has 1 nitrogen and oxygen atoms in total. The molecule has 16 heteroatoms. The van der Waals surface area contributed by atoms with Crippen LogP contribution in [0.3, 0.4) is 0 Å². The Labute approximate surface area is 120 Å². The maximum absolute atomic E-state index is 12.8. The van der Waals surface area contributed by atoms with Crippen molar-refractivity contribution in [2.45, 2.75) is 36.0 Å². The largest absolute Gasteiger partial charge is 0.445 e. The first-order valence-corrected chi connectivity index (χ1v) is 4.81. The maximum atomic E-state index is 12.8. The number of allylic oxidation sites excluding steroid dienone is 2. The maximum Gasteiger partial charge on any atom is 0.445 e. The summed E-state index contributed by atoms with van der Waals surface area (Å²) in [5, 5.41) is 7.39. The molecule has 0 aromatic rings. The van der Waals surface area contributed by atoms with Crippen LogP contribution < -0.4 is 0 Å². The SMILES string of the molecule is OC(F)(F)C(F)(F)C(F)(F)C(F)(F)C(F)(F)C(F)=C(F)C(F)(F)F. The predicted octanol–water partition coefficient (Wildman–Crippen LogP) is 4.83. The quantitative estimate of drug-likeness (QED) is 0.659. The molecule has 0 rings (SSSR count). The summed E-state index contributed by atoms with van der Waals surface area (Å²) in [5.41, 5.74) is 0. The van der Waals surface area contributed by atoms with Crippen molar-refractivity contribution in [3.63, 3.8) is 0 Å². The van der Waals surface area contributed by atoms with Gasteiger partial charge in [0.2, 0.25) is 11.7 Å². The van der Waals surface area contributed by atoms with Crippen molar-refractivity contribution in [2.75, 3.05) is 0 Å². The van der Waals surface area contributed by atoms with Crippen molar-refractivity contribution in [3.8, 4) is 0 Å². The van der Waals surface area contributed by atoms with Crippen LogP contribution in [0.25, 0.3) is 0 Å². The first-order chi connectivity index (χ1) is 10.1. The van der Waals surface area contributed by atoms with Crippen LogP contribution in [0.4, 0.5) is 65.9 Å². The lowest BCUT2D eigenvalue weighted by Crippen LogP contribution is -2.67. The van der Waals surface area contributed by atoms with E-state index in [-0.39, 0.29) is 0 Å². The molecule has 0 aliphatic heterocycles. The molecule has 1 N–H and O–H groups in total. The van der Waals surface area contributed by atoms with Gasteiger partial charge in [0.1, 0.15) is 0 Å². The molecule has 0 bridgehead atoms. The fraction of sp³-hybridized carbons (Fsp3) is 0.750. The summed E-state index contributed by atoms with van der Waals surface area (Å²) in [5.74, 6) is -41.1. The predicted molar refractivity (Wildman–Crippen MR) is 42.3 cm³/mol. The zero-order chi connectivity index (χ0) is 20.2. The molecule has 0 amide bonds. The highest BCUT2D eigenvalue weighted by molar-refractivity contribution is 5.21. The molecule has 0 aliphatic carbocycles. The van der Waals surface area contributed by atoms with Crippen molar-refractivity contribution < 1.29 is 71.0 Å². The highest BCUT2D eigenvalue weighted by Gasteiger charge is 2.87. The van der Waals surface area contributed by atoms with Gasteiger partial charge in [-0.2, -0.15) is 61.5 Å². The summed E-state index contributed by atoms with van der Waals surface area (Å²) in [4.78, 5) is 0. The zero-order valence-corrected chi connectivity index (χ0v) is 10.1.